The lowest BCUT2D eigenvalue weighted by Crippen LogP contribution is -2.16. The zero-order valence-electron chi connectivity index (χ0n) is 10.4. The van der Waals surface area contributed by atoms with Gasteiger partial charge in [0.15, 0.2) is 5.15 Å². The average Bonchev–Trinajstić information content (AvgIpc) is 2.43. The van der Waals surface area contributed by atoms with Crippen LogP contribution in [0, 0.1) is 0 Å². The van der Waals surface area contributed by atoms with Gasteiger partial charge in [0.1, 0.15) is 0 Å². The molecule has 6 heteroatoms. The van der Waals surface area contributed by atoms with Crippen LogP contribution in [0.3, 0.4) is 0 Å². The Hall–Kier alpha value is -0.420. The number of thioether (sulfide) groups is 1. The molecule has 1 unspecified atom stereocenters. The molecule has 0 saturated heterocycles. The first-order chi connectivity index (χ1) is 9.63. The van der Waals surface area contributed by atoms with Crippen LogP contribution in [0.1, 0.15) is 18.0 Å². The fraction of sp³-hybridized carbons (Fsp3) is 0.214. The monoisotopic (exact) mass is 388 g/mol. The highest BCUT2D eigenvalue weighted by atomic mass is 79.9. The van der Waals surface area contributed by atoms with Crippen LogP contribution in [0.4, 0.5) is 5.69 Å². The molecule has 2 heterocycles. The van der Waals surface area contributed by atoms with Crippen molar-refractivity contribution in [3.63, 3.8) is 0 Å². The number of hydrogen-bond donors (Lipinski definition) is 1. The zero-order chi connectivity index (χ0) is 14.1. The number of hydrogen-bond acceptors (Lipinski definition) is 3. The minimum absolute atomic E-state index is 0.207. The highest BCUT2D eigenvalue weighted by Crippen LogP contribution is 2.40. The second-order valence-electron chi connectivity index (χ2n) is 4.51. The number of benzene rings is 1. The first-order valence-electron chi connectivity index (χ1n) is 6.13. The molecule has 0 saturated carbocycles. The van der Waals surface area contributed by atoms with Crippen molar-refractivity contribution in [2.45, 2.75) is 17.4 Å². The Morgan fingerprint density at radius 3 is 3.00 bits per heavy atom. The average molecular weight is 390 g/mol. The third-order valence-corrected chi connectivity index (χ3v) is 5.24. The zero-order valence-corrected chi connectivity index (χ0v) is 14.3. The fourth-order valence-electron chi connectivity index (χ4n) is 2.23. The minimum Gasteiger partial charge on any atom is -0.376 e. The molecular formula is C14H11BrCl2N2S. The first-order valence-corrected chi connectivity index (χ1v) is 8.67. The van der Waals surface area contributed by atoms with Gasteiger partial charge in [-0.3, -0.25) is 0 Å². The van der Waals surface area contributed by atoms with Gasteiger partial charge >= 0.3 is 0 Å². The molecule has 1 atom stereocenters. The molecule has 0 spiro atoms. The first kappa shape index (κ1) is 14.5. The Labute approximate surface area is 140 Å². The standard InChI is InChI=1S/C14H11BrCl2N2S/c15-8-5-12(14(17)18-7-8)19-11-3-4-20-13-2-1-9(16)6-10(11)13/h1-2,5-7,11,19H,3-4H2. The van der Waals surface area contributed by atoms with Crippen LogP contribution in [-0.4, -0.2) is 10.7 Å². The number of pyridine rings is 1. The SMILES string of the molecule is Clc1ccc2c(c1)C(Nc1cc(Br)cnc1Cl)CCS2. The summed E-state index contributed by atoms with van der Waals surface area (Å²) in [4.78, 5) is 5.42. The van der Waals surface area contributed by atoms with E-state index in [-0.39, 0.29) is 6.04 Å². The van der Waals surface area contributed by atoms with E-state index in [9.17, 15) is 0 Å². The molecule has 1 aliphatic heterocycles. The number of aromatic nitrogens is 1. The van der Waals surface area contributed by atoms with E-state index in [1.165, 1.54) is 10.5 Å². The molecule has 3 rings (SSSR count). The van der Waals surface area contributed by atoms with Crippen molar-refractivity contribution >= 4 is 56.6 Å². The van der Waals surface area contributed by atoms with E-state index < -0.39 is 0 Å². The molecule has 0 radical (unpaired) electrons. The van der Waals surface area contributed by atoms with Gasteiger partial charge in [0.25, 0.3) is 0 Å². The quantitative estimate of drug-likeness (QED) is 0.657. The van der Waals surface area contributed by atoms with Crippen LogP contribution >= 0.6 is 50.9 Å². The Morgan fingerprint density at radius 1 is 1.30 bits per heavy atom. The lowest BCUT2D eigenvalue weighted by atomic mass is 10.0. The van der Waals surface area contributed by atoms with E-state index in [1.54, 1.807) is 6.20 Å². The highest BCUT2D eigenvalue weighted by molar-refractivity contribution is 9.10. The van der Waals surface area contributed by atoms with E-state index in [0.29, 0.717) is 5.15 Å². The van der Waals surface area contributed by atoms with Gasteiger partial charge in [-0.15, -0.1) is 11.8 Å². The Morgan fingerprint density at radius 2 is 2.15 bits per heavy atom. The van der Waals surface area contributed by atoms with Crippen LogP contribution in [0.5, 0.6) is 0 Å². The van der Waals surface area contributed by atoms with Crippen LogP contribution in [0.25, 0.3) is 0 Å². The molecular weight excluding hydrogens is 379 g/mol. The van der Waals surface area contributed by atoms with Crippen molar-refractivity contribution < 1.29 is 0 Å². The van der Waals surface area contributed by atoms with Crippen molar-refractivity contribution in [3.8, 4) is 0 Å². The predicted octanol–water partition coefficient (Wildman–Crippen LogP) is 5.80. The summed E-state index contributed by atoms with van der Waals surface area (Å²) in [6.07, 6.45) is 2.72. The number of nitrogens with one attached hydrogen (secondary N) is 1. The number of nitrogens with zero attached hydrogens (tertiary/aromatic N) is 1. The molecule has 1 N–H and O–H groups in total. The minimum atomic E-state index is 0.207. The van der Waals surface area contributed by atoms with Gasteiger partial charge in [-0.1, -0.05) is 23.2 Å². The van der Waals surface area contributed by atoms with E-state index in [2.05, 4.69) is 32.3 Å². The largest absolute Gasteiger partial charge is 0.376 e. The van der Waals surface area contributed by atoms with Gasteiger partial charge in [-0.05, 0) is 52.2 Å². The Bertz CT molecular complexity index is 651. The molecule has 0 fully saturated rings. The van der Waals surface area contributed by atoms with E-state index in [0.717, 1.165) is 27.4 Å². The summed E-state index contributed by atoms with van der Waals surface area (Å²) in [6, 6.07) is 8.19. The summed E-state index contributed by atoms with van der Waals surface area (Å²) in [5.74, 6) is 1.07. The maximum atomic E-state index is 6.15. The lowest BCUT2D eigenvalue weighted by molar-refractivity contribution is 0.728. The van der Waals surface area contributed by atoms with Gasteiger partial charge in [0, 0.05) is 26.3 Å². The molecule has 2 aromatic rings. The molecule has 0 bridgehead atoms. The second kappa shape index (κ2) is 6.14. The van der Waals surface area contributed by atoms with E-state index in [1.807, 2.05) is 30.0 Å². The summed E-state index contributed by atoms with van der Waals surface area (Å²) in [6.45, 7) is 0. The molecule has 1 aromatic heterocycles. The third-order valence-electron chi connectivity index (χ3n) is 3.15. The summed E-state index contributed by atoms with van der Waals surface area (Å²) >= 11 is 17.5. The van der Waals surface area contributed by atoms with Crippen molar-refractivity contribution in [2.24, 2.45) is 0 Å². The molecule has 1 aliphatic rings. The number of fused-ring (bicyclic) bond motifs is 1. The summed E-state index contributed by atoms with van der Waals surface area (Å²) in [7, 11) is 0. The van der Waals surface area contributed by atoms with Gasteiger partial charge in [-0.2, -0.15) is 0 Å². The van der Waals surface area contributed by atoms with Crippen molar-refractivity contribution in [1.29, 1.82) is 0 Å². The van der Waals surface area contributed by atoms with Gasteiger partial charge in [-0.25, -0.2) is 4.98 Å². The Kier molecular flexibility index (Phi) is 4.46. The van der Waals surface area contributed by atoms with Gasteiger partial charge in [0.05, 0.1) is 11.7 Å². The smallest absolute Gasteiger partial charge is 0.152 e. The lowest BCUT2D eigenvalue weighted by Gasteiger charge is -2.27. The van der Waals surface area contributed by atoms with Crippen molar-refractivity contribution in [2.75, 3.05) is 11.1 Å². The number of halogens is 3. The second-order valence-corrected chi connectivity index (χ2v) is 7.35. The summed E-state index contributed by atoms with van der Waals surface area (Å²) in [5, 5.41) is 4.72. The Balaban J connectivity index is 1.93. The molecule has 0 amide bonds. The van der Waals surface area contributed by atoms with Crippen LogP contribution in [-0.2, 0) is 0 Å². The van der Waals surface area contributed by atoms with Crippen LogP contribution < -0.4 is 5.32 Å². The van der Waals surface area contributed by atoms with Crippen molar-refractivity contribution in [3.05, 3.63) is 50.7 Å². The topological polar surface area (TPSA) is 24.9 Å². The normalized spacial score (nSPS) is 17.6. The molecule has 0 aliphatic carbocycles. The maximum Gasteiger partial charge on any atom is 0.152 e. The van der Waals surface area contributed by atoms with Gasteiger partial charge < -0.3 is 5.32 Å². The van der Waals surface area contributed by atoms with E-state index >= 15 is 0 Å². The summed E-state index contributed by atoms with van der Waals surface area (Å²) in [5.41, 5.74) is 2.06. The van der Waals surface area contributed by atoms with Crippen molar-refractivity contribution in [1.82, 2.24) is 4.98 Å². The number of rotatable bonds is 2. The van der Waals surface area contributed by atoms with Crippen LogP contribution in [0.2, 0.25) is 10.2 Å². The van der Waals surface area contributed by atoms with Crippen LogP contribution in [0.15, 0.2) is 39.8 Å². The molecule has 1 aromatic carbocycles. The van der Waals surface area contributed by atoms with Gasteiger partial charge in [0.2, 0.25) is 0 Å². The highest BCUT2D eigenvalue weighted by Gasteiger charge is 2.21. The predicted molar refractivity (Wildman–Crippen MR) is 90.1 cm³/mol. The fourth-order valence-corrected chi connectivity index (χ4v) is 4.00. The maximum absolute atomic E-state index is 6.15. The molecule has 2 nitrogen and oxygen atoms in total. The molecule has 20 heavy (non-hydrogen) atoms. The van der Waals surface area contributed by atoms with E-state index in [4.69, 9.17) is 23.2 Å². The number of anilines is 1. The molecule has 104 valence electrons. The third kappa shape index (κ3) is 3.08. The summed E-state index contributed by atoms with van der Waals surface area (Å²) < 4.78 is 0.904.